The van der Waals surface area contributed by atoms with Crippen molar-refractivity contribution in [3.8, 4) is 0 Å². The lowest BCUT2D eigenvalue weighted by molar-refractivity contribution is -0.142. The van der Waals surface area contributed by atoms with E-state index in [1.54, 1.807) is 28.4 Å². The summed E-state index contributed by atoms with van der Waals surface area (Å²) >= 11 is 0. The Morgan fingerprint density at radius 1 is 0.867 bits per heavy atom. The van der Waals surface area contributed by atoms with Crippen molar-refractivity contribution in [1.29, 1.82) is 0 Å². The van der Waals surface area contributed by atoms with E-state index in [4.69, 9.17) is 28.4 Å². The van der Waals surface area contributed by atoms with Crippen molar-refractivity contribution in [2.75, 3.05) is 41.7 Å². The lowest BCUT2D eigenvalue weighted by Crippen LogP contribution is -2.26. The summed E-state index contributed by atoms with van der Waals surface area (Å²) in [5.74, 6) is 1.30. The monoisotopic (exact) mass is 434 g/mol. The lowest BCUT2D eigenvalue weighted by atomic mass is 9.93. The Hall–Kier alpha value is -0.770. The molecule has 30 heavy (non-hydrogen) atoms. The zero-order valence-corrected chi connectivity index (χ0v) is 17.2. The maximum absolute atomic E-state index is 11.1. The third-order valence-corrected chi connectivity index (χ3v) is 6.75. The Kier molecular flexibility index (Phi) is 11.2. The molecule has 2 aliphatic heterocycles. The van der Waals surface area contributed by atoms with Crippen LogP contribution in [0.25, 0.3) is 0 Å². The average molecular weight is 435 g/mol. The molecule has 4 fully saturated rings. The lowest BCUT2D eigenvalue weighted by Gasteiger charge is -2.21. The normalized spacial score (nSPS) is 41.1. The molecule has 0 spiro atoms. The van der Waals surface area contributed by atoms with Crippen LogP contribution in [-0.2, 0) is 33.2 Å². The molecule has 4 aliphatic rings. The second-order valence-electron chi connectivity index (χ2n) is 8.18. The van der Waals surface area contributed by atoms with Crippen molar-refractivity contribution in [3.05, 3.63) is 0 Å². The standard InChI is InChI=1S/C10H18O4.C10H16O4.2CH4/c2*1-12-5-7-6-3-10(11)14-9(6)4-8(7)13-2;;/h6-11H,3-5H2,1-2H3;6-9H,3-5H2,1-2H3;2*1H4/t6?,7-,8-,9+,10?;6?,7-,8-,9+;;/m00../s1. The largest absolute Gasteiger partial charge is 0.462 e. The molecule has 2 aliphatic carbocycles. The first-order valence-electron chi connectivity index (χ1n) is 10.1. The molecule has 4 rings (SSSR count). The van der Waals surface area contributed by atoms with E-state index < -0.39 is 6.29 Å². The van der Waals surface area contributed by atoms with E-state index in [0.29, 0.717) is 43.3 Å². The number of hydrogen-bond acceptors (Lipinski definition) is 8. The highest BCUT2D eigenvalue weighted by atomic mass is 16.6. The van der Waals surface area contributed by atoms with Crippen molar-refractivity contribution in [1.82, 2.24) is 0 Å². The number of carbonyl (C=O) groups excluding carboxylic acids is 1. The molecular weight excluding hydrogens is 392 g/mol. The molecule has 0 aromatic heterocycles. The van der Waals surface area contributed by atoms with E-state index >= 15 is 0 Å². The molecule has 0 amide bonds. The highest BCUT2D eigenvalue weighted by Crippen LogP contribution is 2.44. The van der Waals surface area contributed by atoms with Crippen molar-refractivity contribution >= 4 is 5.97 Å². The second-order valence-corrected chi connectivity index (χ2v) is 8.18. The van der Waals surface area contributed by atoms with Gasteiger partial charge in [-0.2, -0.15) is 0 Å². The second kappa shape index (κ2) is 12.3. The minimum absolute atomic E-state index is 0. The van der Waals surface area contributed by atoms with Gasteiger partial charge in [0.1, 0.15) is 6.10 Å². The van der Waals surface area contributed by atoms with Gasteiger partial charge in [0.05, 0.1) is 37.9 Å². The molecular formula is C22H42O8. The van der Waals surface area contributed by atoms with E-state index in [1.165, 1.54) is 0 Å². The Balaban J connectivity index is 0.000000281. The SMILES string of the molecule is C.C.COC[C@H]1C2CC(=O)O[C@@H]2C[C@@H]1OC.COC[C@H]1C2CC(O)O[C@@H]2C[C@@H]1OC. The molecule has 0 aromatic carbocycles. The molecule has 0 bridgehead atoms. The summed E-state index contributed by atoms with van der Waals surface area (Å²) in [4.78, 5) is 11.1. The summed E-state index contributed by atoms with van der Waals surface area (Å²) in [7, 11) is 6.81. The smallest absolute Gasteiger partial charge is 0.306 e. The van der Waals surface area contributed by atoms with E-state index in [0.717, 1.165) is 19.3 Å². The summed E-state index contributed by atoms with van der Waals surface area (Å²) < 4.78 is 31.8. The van der Waals surface area contributed by atoms with Gasteiger partial charge >= 0.3 is 5.97 Å². The molecule has 0 aromatic rings. The number of esters is 1. The van der Waals surface area contributed by atoms with Crippen LogP contribution < -0.4 is 0 Å². The fraction of sp³-hybridized carbons (Fsp3) is 0.955. The topological polar surface area (TPSA) is 92.7 Å². The molecule has 8 nitrogen and oxygen atoms in total. The van der Waals surface area contributed by atoms with Crippen LogP contribution in [0.1, 0.15) is 40.5 Å². The molecule has 178 valence electrons. The van der Waals surface area contributed by atoms with Crippen molar-refractivity contribution in [3.63, 3.8) is 0 Å². The quantitative estimate of drug-likeness (QED) is 0.637. The van der Waals surface area contributed by atoms with Gasteiger partial charge in [-0.25, -0.2) is 0 Å². The molecule has 9 atom stereocenters. The average Bonchev–Trinajstić information content (AvgIpc) is 3.37. The third kappa shape index (κ3) is 5.72. The number of carbonyl (C=O) groups is 1. The van der Waals surface area contributed by atoms with Crippen molar-refractivity contribution in [2.45, 2.75) is 71.2 Å². The number of hydrogen-bond donors (Lipinski definition) is 1. The Morgan fingerprint density at radius 2 is 1.40 bits per heavy atom. The fourth-order valence-electron chi connectivity index (χ4n) is 5.45. The number of ether oxygens (including phenoxy) is 6. The van der Waals surface area contributed by atoms with Gasteiger partial charge in [0, 0.05) is 65.5 Å². The van der Waals surface area contributed by atoms with E-state index in [9.17, 15) is 9.90 Å². The van der Waals surface area contributed by atoms with Crippen LogP contribution in [0.15, 0.2) is 0 Å². The Bertz CT molecular complexity index is 515. The van der Waals surface area contributed by atoms with Gasteiger partial charge in [-0.15, -0.1) is 0 Å². The Labute approximate surface area is 181 Å². The van der Waals surface area contributed by atoms with Gasteiger partial charge in [0.2, 0.25) is 0 Å². The summed E-state index contributed by atoms with van der Waals surface area (Å²) in [6.45, 7) is 1.34. The van der Waals surface area contributed by atoms with Crippen LogP contribution in [0.5, 0.6) is 0 Å². The van der Waals surface area contributed by atoms with Gasteiger partial charge < -0.3 is 33.5 Å². The maximum Gasteiger partial charge on any atom is 0.306 e. The molecule has 2 saturated carbocycles. The highest BCUT2D eigenvalue weighted by Gasteiger charge is 2.50. The van der Waals surface area contributed by atoms with E-state index in [-0.39, 0.29) is 45.2 Å². The van der Waals surface area contributed by atoms with Gasteiger partial charge in [0.25, 0.3) is 0 Å². The van der Waals surface area contributed by atoms with Gasteiger partial charge in [-0.3, -0.25) is 4.79 Å². The van der Waals surface area contributed by atoms with Crippen molar-refractivity contribution < 1.29 is 38.3 Å². The number of aliphatic hydroxyl groups is 1. The fourth-order valence-corrected chi connectivity index (χ4v) is 5.45. The van der Waals surface area contributed by atoms with Gasteiger partial charge in [-0.05, 0) is 5.92 Å². The van der Waals surface area contributed by atoms with Crippen LogP contribution in [-0.4, -0.2) is 83.4 Å². The van der Waals surface area contributed by atoms with Crippen LogP contribution in [0, 0.1) is 23.7 Å². The zero-order chi connectivity index (χ0) is 20.3. The first-order chi connectivity index (χ1) is 13.5. The molecule has 2 saturated heterocycles. The predicted molar refractivity (Wildman–Crippen MR) is 112 cm³/mol. The maximum atomic E-state index is 11.1. The zero-order valence-electron chi connectivity index (χ0n) is 17.2. The molecule has 1 N–H and O–H groups in total. The first kappa shape index (κ1) is 27.3. The minimum Gasteiger partial charge on any atom is -0.462 e. The number of rotatable bonds is 6. The molecule has 0 radical (unpaired) electrons. The van der Waals surface area contributed by atoms with Crippen LogP contribution in [0.2, 0.25) is 0 Å². The molecule has 8 heteroatoms. The summed E-state index contributed by atoms with van der Waals surface area (Å²) in [5.41, 5.74) is 0. The van der Waals surface area contributed by atoms with Gasteiger partial charge in [0.15, 0.2) is 6.29 Å². The Morgan fingerprint density at radius 3 is 1.93 bits per heavy atom. The van der Waals surface area contributed by atoms with Crippen LogP contribution >= 0.6 is 0 Å². The molecule has 2 heterocycles. The van der Waals surface area contributed by atoms with E-state index in [2.05, 4.69) is 0 Å². The summed E-state index contributed by atoms with van der Waals surface area (Å²) in [5, 5.41) is 9.38. The van der Waals surface area contributed by atoms with E-state index in [1.807, 2.05) is 0 Å². The summed E-state index contributed by atoms with van der Waals surface area (Å²) in [6.07, 6.45) is 2.99. The van der Waals surface area contributed by atoms with Crippen molar-refractivity contribution in [2.24, 2.45) is 23.7 Å². The minimum atomic E-state index is -0.581. The highest BCUT2D eigenvalue weighted by molar-refractivity contribution is 5.72. The molecule has 3 unspecified atom stereocenters. The van der Waals surface area contributed by atoms with Gasteiger partial charge in [-0.1, -0.05) is 14.9 Å². The van der Waals surface area contributed by atoms with Crippen LogP contribution in [0.3, 0.4) is 0 Å². The van der Waals surface area contributed by atoms with Crippen LogP contribution in [0.4, 0.5) is 0 Å². The summed E-state index contributed by atoms with van der Waals surface area (Å²) in [6, 6.07) is 0. The third-order valence-electron chi connectivity index (χ3n) is 6.75. The number of methoxy groups -OCH3 is 4. The predicted octanol–water partition coefficient (Wildman–Crippen LogP) is 2.26. The number of fused-ring (bicyclic) bond motifs is 2. The first-order valence-corrected chi connectivity index (χ1v) is 10.1. The number of aliphatic hydroxyl groups excluding tert-OH is 1.